The predicted octanol–water partition coefficient (Wildman–Crippen LogP) is 2.17. The molecule has 0 aliphatic carbocycles. The summed E-state index contributed by atoms with van der Waals surface area (Å²) >= 11 is 1.54. The lowest BCUT2D eigenvalue weighted by Crippen LogP contribution is -2.53. The van der Waals surface area contributed by atoms with Crippen LogP contribution in [0.3, 0.4) is 0 Å². The summed E-state index contributed by atoms with van der Waals surface area (Å²) in [4.78, 5) is 44.5. The van der Waals surface area contributed by atoms with Crippen LogP contribution in [0.4, 0.5) is 5.69 Å². The molecule has 2 fully saturated rings. The van der Waals surface area contributed by atoms with E-state index in [4.69, 9.17) is 14.6 Å². The van der Waals surface area contributed by atoms with Crippen LogP contribution in [0.5, 0.6) is 5.75 Å². The van der Waals surface area contributed by atoms with Crippen LogP contribution < -0.4 is 9.64 Å². The lowest BCUT2D eigenvalue weighted by molar-refractivity contribution is -0.151. The predicted molar refractivity (Wildman–Crippen MR) is 132 cm³/mol. The van der Waals surface area contributed by atoms with E-state index in [-0.39, 0.29) is 36.2 Å². The van der Waals surface area contributed by atoms with Gasteiger partial charge in [-0.2, -0.15) is 0 Å². The zero-order valence-electron chi connectivity index (χ0n) is 19.7. The lowest BCUT2D eigenvalue weighted by atomic mass is 9.78. The minimum atomic E-state index is -0.845. The molecule has 5 atom stereocenters. The Hall–Kier alpha value is -2.78. The summed E-state index contributed by atoms with van der Waals surface area (Å²) in [7, 11) is 1.59. The number of aliphatic hydroxyl groups excluding tert-OH is 1. The Morgan fingerprint density at radius 3 is 2.66 bits per heavy atom. The van der Waals surface area contributed by atoms with Crippen LogP contribution in [0.1, 0.15) is 19.3 Å². The number of anilines is 1. The zero-order chi connectivity index (χ0) is 24.6. The molecule has 4 aliphatic heterocycles. The molecule has 5 rings (SSSR count). The van der Waals surface area contributed by atoms with E-state index in [2.05, 4.69) is 0 Å². The molecule has 0 bridgehead atoms. The SMILES string of the molecule is COc1ccc(N2CC=C[C@]34S[C@H]5C=CCOC(=O)[C@H]5[C@H]3C(=O)N(CCCCCO)C4C2=O)cc1. The summed E-state index contributed by atoms with van der Waals surface area (Å²) in [6.45, 7) is 1.07. The first-order valence-electron chi connectivity index (χ1n) is 12.1. The summed E-state index contributed by atoms with van der Waals surface area (Å²) in [5.74, 6) is -1.28. The number of methoxy groups -OCH3 is 1. The fraction of sp³-hybridized carbons (Fsp3) is 0.500. The smallest absolute Gasteiger partial charge is 0.311 e. The number of thioether (sulfide) groups is 1. The number of hydrogen-bond acceptors (Lipinski definition) is 7. The number of esters is 1. The molecule has 9 heteroatoms. The second kappa shape index (κ2) is 9.70. The molecule has 4 heterocycles. The molecule has 2 saturated heterocycles. The fourth-order valence-electron chi connectivity index (χ4n) is 5.77. The highest BCUT2D eigenvalue weighted by atomic mass is 32.2. The number of carbonyl (C=O) groups is 3. The minimum Gasteiger partial charge on any atom is -0.497 e. The van der Waals surface area contributed by atoms with Crippen molar-refractivity contribution >= 4 is 35.2 Å². The highest BCUT2D eigenvalue weighted by Crippen LogP contribution is 2.61. The van der Waals surface area contributed by atoms with Gasteiger partial charge in [-0.25, -0.2) is 0 Å². The molecule has 35 heavy (non-hydrogen) atoms. The number of rotatable bonds is 7. The number of unbranched alkanes of at least 4 members (excludes halogenated alkanes) is 2. The van der Waals surface area contributed by atoms with Crippen LogP contribution in [0.25, 0.3) is 0 Å². The van der Waals surface area contributed by atoms with Crippen molar-refractivity contribution in [2.45, 2.75) is 35.3 Å². The maximum atomic E-state index is 14.2. The second-order valence-electron chi connectivity index (χ2n) is 9.27. The van der Waals surface area contributed by atoms with Gasteiger partial charge in [0.15, 0.2) is 0 Å². The van der Waals surface area contributed by atoms with Gasteiger partial charge in [-0.3, -0.25) is 14.4 Å². The summed E-state index contributed by atoms with van der Waals surface area (Å²) in [5, 5.41) is 8.95. The Kier molecular flexibility index (Phi) is 6.63. The minimum absolute atomic E-state index is 0.0919. The lowest BCUT2D eigenvalue weighted by Gasteiger charge is -2.35. The molecule has 1 N–H and O–H groups in total. The first kappa shape index (κ1) is 23.9. The Labute approximate surface area is 208 Å². The Morgan fingerprint density at radius 2 is 1.91 bits per heavy atom. The van der Waals surface area contributed by atoms with E-state index in [0.717, 1.165) is 12.1 Å². The molecule has 0 aromatic heterocycles. The van der Waals surface area contributed by atoms with Crippen molar-refractivity contribution in [3.8, 4) is 5.75 Å². The molecule has 0 radical (unpaired) electrons. The molecular weight excluding hydrogens is 468 g/mol. The normalized spacial score (nSPS) is 31.5. The number of cyclic esters (lactones) is 1. The van der Waals surface area contributed by atoms with Crippen LogP contribution in [0, 0.1) is 11.8 Å². The topological polar surface area (TPSA) is 96.4 Å². The van der Waals surface area contributed by atoms with E-state index in [1.165, 1.54) is 0 Å². The molecule has 8 nitrogen and oxygen atoms in total. The summed E-state index contributed by atoms with van der Waals surface area (Å²) in [6.07, 6.45) is 9.79. The number of benzene rings is 1. The van der Waals surface area contributed by atoms with Gasteiger partial charge in [0.1, 0.15) is 18.4 Å². The van der Waals surface area contributed by atoms with Crippen LogP contribution >= 0.6 is 11.8 Å². The highest BCUT2D eigenvalue weighted by Gasteiger charge is 2.71. The first-order chi connectivity index (χ1) is 17.0. The molecule has 186 valence electrons. The van der Waals surface area contributed by atoms with E-state index in [1.807, 2.05) is 48.6 Å². The number of aliphatic hydroxyl groups is 1. The van der Waals surface area contributed by atoms with Gasteiger partial charge >= 0.3 is 5.97 Å². The van der Waals surface area contributed by atoms with Crippen molar-refractivity contribution in [1.82, 2.24) is 4.90 Å². The molecule has 1 unspecified atom stereocenters. The van der Waals surface area contributed by atoms with Gasteiger partial charge in [-0.15, -0.1) is 11.8 Å². The third-order valence-electron chi connectivity index (χ3n) is 7.35. The number of fused-ring (bicyclic) bond motifs is 2. The van der Waals surface area contributed by atoms with Crippen molar-refractivity contribution in [2.75, 3.05) is 38.3 Å². The van der Waals surface area contributed by atoms with Crippen molar-refractivity contribution in [2.24, 2.45) is 11.8 Å². The average Bonchev–Trinajstić information content (AvgIpc) is 3.16. The fourth-order valence-corrected chi connectivity index (χ4v) is 7.78. The number of hydrogen-bond donors (Lipinski definition) is 1. The molecule has 1 aromatic rings. The molecule has 1 aromatic carbocycles. The van der Waals surface area contributed by atoms with Crippen LogP contribution in [-0.2, 0) is 19.1 Å². The van der Waals surface area contributed by atoms with Gasteiger partial charge in [0.25, 0.3) is 5.91 Å². The second-order valence-corrected chi connectivity index (χ2v) is 10.8. The van der Waals surface area contributed by atoms with Gasteiger partial charge in [-0.1, -0.05) is 24.3 Å². The summed E-state index contributed by atoms with van der Waals surface area (Å²) in [5.41, 5.74) is 0.727. The Bertz CT molecular complexity index is 1060. The highest BCUT2D eigenvalue weighted by molar-refractivity contribution is 8.02. The van der Waals surface area contributed by atoms with Crippen molar-refractivity contribution < 1.29 is 29.0 Å². The van der Waals surface area contributed by atoms with E-state index >= 15 is 0 Å². The standard InChI is InChI=1S/C26H30N2O6S/c1-33-18-10-8-17(9-11-18)27-14-6-12-26-21(20-19(35-26)7-5-16-34-25(20)32)23(30)28(22(26)24(27)31)13-3-2-4-15-29/h5-12,19-22,29H,2-4,13-16H2,1H3/t19-,20+,21-,22?,26-/m0/s1. The number of ether oxygens (including phenoxy) is 2. The maximum Gasteiger partial charge on any atom is 0.311 e. The van der Waals surface area contributed by atoms with Gasteiger partial charge in [0.2, 0.25) is 5.91 Å². The third kappa shape index (κ3) is 3.94. The van der Waals surface area contributed by atoms with Crippen molar-refractivity contribution in [3.63, 3.8) is 0 Å². The van der Waals surface area contributed by atoms with Crippen molar-refractivity contribution in [1.29, 1.82) is 0 Å². The van der Waals surface area contributed by atoms with Gasteiger partial charge in [0.05, 0.1) is 23.7 Å². The number of likely N-dealkylation sites (tertiary alicyclic amines) is 1. The van der Waals surface area contributed by atoms with E-state index in [0.29, 0.717) is 31.7 Å². The van der Waals surface area contributed by atoms with Crippen LogP contribution in [0.2, 0.25) is 0 Å². The maximum absolute atomic E-state index is 14.2. The van der Waals surface area contributed by atoms with Crippen LogP contribution in [0.15, 0.2) is 48.6 Å². The number of amides is 2. The van der Waals surface area contributed by atoms with Gasteiger partial charge in [0, 0.05) is 30.6 Å². The first-order valence-corrected chi connectivity index (χ1v) is 13.0. The largest absolute Gasteiger partial charge is 0.497 e. The molecular formula is C26H30N2O6S. The molecule has 1 spiro atoms. The van der Waals surface area contributed by atoms with Gasteiger partial charge in [-0.05, 0) is 43.5 Å². The third-order valence-corrected chi connectivity index (χ3v) is 9.10. The van der Waals surface area contributed by atoms with Crippen LogP contribution in [-0.4, -0.2) is 77.2 Å². The summed E-state index contributed by atoms with van der Waals surface area (Å²) in [6, 6.07) is 6.58. The number of carbonyl (C=O) groups excluding carboxylic acids is 3. The van der Waals surface area contributed by atoms with E-state index in [9.17, 15) is 14.4 Å². The monoisotopic (exact) mass is 498 g/mol. The quantitative estimate of drug-likeness (QED) is 0.350. The average molecular weight is 499 g/mol. The molecule has 2 amide bonds. The van der Waals surface area contributed by atoms with E-state index < -0.39 is 22.6 Å². The molecule has 4 aliphatic rings. The Balaban J connectivity index is 1.54. The molecule has 0 saturated carbocycles. The van der Waals surface area contributed by atoms with E-state index in [1.54, 1.807) is 28.7 Å². The number of nitrogens with zero attached hydrogens (tertiary/aromatic N) is 2. The zero-order valence-corrected chi connectivity index (χ0v) is 20.5. The van der Waals surface area contributed by atoms with Crippen molar-refractivity contribution in [3.05, 3.63) is 48.6 Å². The summed E-state index contributed by atoms with van der Waals surface area (Å²) < 4.78 is 9.82. The van der Waals surface area contributed by atoms with Gasteiger partial charge < -0.3 is 24.4 Å². The Morgan fingerprint density at radius 1 is 1.11 bits per heavy atom.